The van der Waals surface area contributed by atoms with E-state index in [0.29, 0.717) is 23.9 Å². The molecule has 156 valence electrons. The van der Waals surface area contributed by atoms with E-state index >= 15 is 0 Å². The lowest BCUT2D eigenvalue weighted by Gasteiger charge is -2.60. The molecule has 1 aromatic carbocycles. The second-order valence-electron chi connectivity index (χ2n) is 9.29. The number of esters is 1. The number of ether oxygens (including phenoxy) is 1. The van der Waals surface area contributed by atoms with E-state index in [9.17, 15) is 14.4 Å². The third-order valence-electron chi connectivity index (χ3n) is 6.73. The first-order valence-corrected chi connectivity index (χ1v) is 11.0. The highest BCUT2D eigenvalue weighted by Crippen LogP contribution is 2.62. The van der Waals surface area contributed by atoms with Crippen LogP contribution in [-0.2, 0) is 19.1 Å². The summed E-state index contributed by atoms with van der Waals surface area (Å²) in [5, 5.41) is 5.95. The molecule has 29 heavy (non-hydrogen) atoms. The van der Waals surface area contributed by atoms with Gasteiger partial charge in [0.25, 0.3) is 5.91 Å². The summed E-state index contributed by atoms with van der Waals surface area (Å²) >= 11 is 3.40. The molecular formula is C22H27BrN2O4. The SMILES string of the molecule is CC(=O)NC12C[C@H]3C[C@H](C1)CC(C(=O)OCC(=O)Nc1ccc(Br)cc1C)(C3)C2. The predicted molar refractivity (Wildman–Crippen MR) is 112 cm³/mol. The van der Waals surface area contributed by atoms with Gasteiger partial charge < -0.3 is 15.4 Å². The number of rotatable bonds is 5. The molecular weight excluding hydrogens is 436 g/mol. The summed E-state index contributed by atoms with van der Waals surface area (Å²) in [6, 6.07) is 5.58. The van der Waals surface area contributed by atoms with Gasteiger partial charge in [-0.3, -0.25) is 14.4 Å². The minimum Gasteiger partial charge on any atom is -0.455 e. The molecule has 6 nitrogen and oxygen atoms in total. The Morgan fingerprint density at radius 1 is 1.17 bits per heavy atom. The van der Waals surface area contributed by atoms with E-state index in [1.807, 2.05) is 25.1 Å². The predicted octanol–water partition coefficient (Wildman–Crippen LogP) is 3.71. The number of aryl methyl sites for hydroxylation is 1. The highest BCUT2D eigenvalue weighted by molar-refractivity contribution is 9.10. The summed E-state index contributed by atoms with van der Waals surface area (Å²) in [5.41, 5.74) is 0.776. The molecule has 0 radical (unpaired) electrons. The number of benzene rings is 1. The fourth-order valence-corrected chi connectivity index (χ4v) is 6.73. The number of amides is 2. The summed E-state index contributed by atoms with van der Waals surface area (Å²) < 4.78 is 6.44. The van der Waals surface area contributed by atoms with E-state index in [1.165, 1.54) is 6.92 Å². The largest absolute Gasteiger partial charge is 0.455 e. The number of halogens is 1. The van der Waals surface area contributed by atoms with Gasteiger partial charge in [0.15, 0.2) is 6.61 Å². The van der Waals surface area contributed by atoms with Crippen LogP contribution in [0, 0.1) is 24.2 Å². The smallest absolute Gasteiger partial charge is 0.312 e. The van der Waals surface area contributed by atoms with Crippen LogP contribution in [0.5, 0.6) is 0 Å². The minimum atomic E-state index is -0.569. The molecule has 0 unspecified atom stereocenters. The molecule has 5 rings (SSSR count). The van der Waals surface area contributed by atoms with E-state index in [1.54, 1.807) is 0 Å². The highest BCUT2D eigenvalue weighted by atomic mass is 79.9. The second-order valence-corrected chi connectivity index (χ2v) is 10.2. The van der Waals surface area contributed by atoms with Crippen molar-refractivity contribution in [3.63, 3.8) is 0 Å². The van der Waals surface area contributed by atoms with E-state index < -0.39 is 5.41 Å². The van der Waals surface area contributed by atoms with Crippen molar-refractivity contribution in [2.45, 2.75) is 57.9 Å². The van der Waals surface area contributed by atoms with E-state index in [2.05, 4.69) is 26.6 Å². The maximum Gasteiger partial charge on any atom is 0.312 e. The maximum atomic E-state index is 13.1. The van der Waals surface area contributed by atoms with E-state index in [0.717, 1.165) is 42.1 Å². The Kier molecular flexibility index (Phi) is 5.21. The first-order valence-electron chi connectivity index (χ1n) is 10.2. The Morgan fingerprint density at radius 3 is 2.48 bits per heavy atom. The van der Waals surface area contributed by atoms with Gasteiger partial charge in [-0.2, -0.15) is 0 Å². The van der Waals surface area contributed by atoms with Gasteiger partial charge in [-0.05, 0) is 81.0 Å². The summed E-state index contributed by atoms with van der Waals surface area (Å²) in [7, 11) is 0. The number of hydrogen-bond donors (Lipinski definition) is 2. The molecule has 2 N–H and O–H groups in total. The number of nitrogens with one attached hydrogen (secondary N) is 2. The van der Waals surface area contributed by atoms with Crippen molar-refractivity contribution in [1.29, 1.82) is 0 Å². The van der Waals surface area contributed by atoms with Crippen molar-refractivity contribution in [2.24, 2.45) is 17.3 Å². The first kappa shape index (κ1) is 20.4. The van der Waals surface area contributed by atoms with Crippen molar-refractivity contribution in [1.82, 2.24) is 5.32 Å². The van der Waals surface area contributed by atoms with Crippen LogP contribution in [0.25, 0.3) is 0 Å². The Balaban J connectivity index is 1.40. The second kappa shape index (κ2) is 7.42. The molecule has 7 heteroatoms. The van der Waals surface area contributed by atoms with Crippen LogP contribution in [0.1, 0.15) is 51.0 Å². The van der Waals surface area contributed by atoms with Gasteiger partial charge in [0, 0.05) is 22.6 Å². The summed E-state index contributed by atoms with van der Waals surface area (Å²) in [4.78, 5) is 37.2. The van der Waals surface area contributed by atoms with Crippen molar-refractivity contribution in [3.05, 3.63) is 28.2 Å². The molecule has 2 atom stereocenters. The van der Waals surface area contributed by atoms with Gasteiger partial charge in [-0.1, -0.05) is 15.9 Å². The van der Waals surface area contributed by atoms with Crippen LogP contribution in [0.3, 0.4) is 0 Å². The Morgan fingerprint density at radius 2 is 1.86 bits per heavy atom. The zero-order valence-electron chi connectivity index (χ0n) is 16.8. The van der Waals surface area contributed by atoms with Gasteiger partial charge in [0.1, 0.15) is 0 Å². The van der Waals surface area contributed by atoms with Gasteiger partial charge in [-0.15, -0.1) is 0 Å². The van der Waals surface area contributed by atoms with E-state index in [-0.39, 0.29) is 29.9 Å². The molecule has 4 saturated carbocycles. The maximum absolute atomic E-state index is 13.1. The molecule has 0 heterocycles. The van der Waals surface area contributed by atoms with Crippen molar-refractivity contribution in [2.75, 3.05) is 11.9 Å². The molecule has 4 aliphatic carbocycles. The number of carbonyl (C=O) groups excluding carboxylic acids is 3. The lowest BCUT2D eigenvalue weighted by Crippen LogP contribution is -2.64. The number of anilines is 1. The summed E-state index contributed by atoms with van der Waals surface area (Å²) in [6.45, 7) is 3.15. The van der Waals surface area contributed by atoms with Gasteiger partial charge >= 0.3 is 5.97 Å². The highest BCUT2D eigenvalue weighted by Gasteiger charge is 2.61. The Hall–Kier alpha value is -1.89. The van der Waals surface area contributed by atoms with Gasteiger partial charge in [0.05, 0.1) is 5.41 Å². The molecule has 4 fully saturated rings. The molecule has 4 aliphatic rings. The van der Waals surface area contributed by atoms with Crippen LogP contribution in [0.4, 0.5) is 5.69 Å². The molecule has 0 saturated heterocycles. The third-order valence-corrected chi connectivity index (χ3v) is 7.23. The van der Waals surface area contributed by atoms with Crippen LogP contribution < -0.4 is 10.6 Å². The Labute approximate surface area is 179 Å². The van der Waals surface area contributed by atoms with Crippen LogP contribution in [0.15, 0.2) is 22.7 Å². The van der Waals surface area contributed by atoms with Gasteiger partial charge in [0.2, 0.25) is 5.91 Å². The minimum absolute atomic E-state index is 0.0419. The lowest BCUT2D eigenvalue weighted by molar-refractivity contribution is -0.176. The number of carbonyl (C=O) groups is 3. The van der Waals surface area contributed by atoms with Crippen molar-refractivity contribution < 1.29 is 19.1 Å². The van der Waals surface area contributed by atoms with Crippen molar-refractivity contribution >= 4 is 39.4 Å². The molecule has 4 bridgehead atoms. The standard InChI is InChI=1S/C22H27BrN2O4/c1-13-5-17(23)3-4-18(13)24-19(27)11-29-20(28)21-7-15-6-16(8-21)10-22(9-15,12-21)25-14(2)26/h3-5,15-16H,6-12H2,1-2H3,(H,24,27)(H,25,26)/t15-,16-,21?,22?/m0/s1. The average Bonchev–Trinajstić information content (AvgIpc) is 2.59. The van der Waals surface area contributed by atoms with E-state index in [4.69, 9.17) is 4.74 Å². The van der Waals surface area contributed by atoms with Crippen molar-refractivity contribution in [3.8, 4) is 0 Å². The fraction of sp³-hybridized carbons (Fsp3) is 0.591. The lowest BCUT2D eigenvalue weighted by atomic mass is 9.47. The first-order chi connectivity index (χ1) is 13.7. The zero-order chi connectivity index (χ0) is 20.8. The van der Waals surface area contributed by atoms with Gasteiger partial charge in [-0.25, -0.2) is 0 Å². The average molecular weight is 463 g/mol. The number of hydrogen-bond acceptors (Lipinski definition) is 4. The summed E-state index contributed by atoms with van der Waals surface area (Å²) in [6.07, 6.45) is 5.25. The zero-order valence-corrected chi connectivity index (χ0v) is 18.4. The molecule has 1 aromatic rings. The Bertz CT molecular complexity index is 854. The normalized spacial score (nSPS) is 32.0. The van der Waals surface area contributed by atoms with Crippen LogP contribution in [-0.4, -0.2) is 29.9 Å². The fourth-order valence-electron chi connectivity index (χ4n) is 6.26. The molecule has 0 aliphatic heterocycles. The van der Waals surface area contributed by atoms with Crippen LogP contribution in [0.2, 0.25) is 0 Å². The third kappa shape index (κ3) is 4.06. The molecule has 0 spiro atoms. The quantitative estimate of drug-likeness (QED) is 0.653. The summed E-state index contributed by atoms with van der Waals surface area (Å²) in [5.74, 6) is 0.207. The monoisotopic (exact) mass is 462 g/mol. The van der Waals surface area contributed by atoms with Crippen LogP contribution >= 0.6 is 15.9 Å². The molecule has 2 amide bonds. The topological polar surface area (TPSA) is 84.5 Å². The molecule has 0 aromatic heterocycles.